The Bertz CT molecular complexity index is 1330. The fourth-order valence-corrected chi connectivity index (χ4v) is 4.69. The van der Waals surface area contributed by atoms with Gasteiger partial charge in [0.15, 0.2) is 11.5 Å². The lowest BCUT2D eigenvalue weighted by atomic mass is 10.0. The second-order valence-electron chi connectivity index (χ2n) is 8.71. The van der Waals surface area contributed by atoms with Crippen LogP contribution in [0.1, 0.15) is 37.8 Å². The summed E-state index contributed by atoms with van der Waals surface area (Å²) in [7, 11) is -1.82. The van der Waals surface area contributed by atoms with Crippen LogP contribution >= 0.6 is 0 Å². The van der Waals surface area contributed by atoms with E-state index < -0.39 is 16.1 Å². The van der Waals surface area contributed by atoms with E-state index in [2.05, 4.69) is 10.0 Å². The Morgan fingerprint density at radius 3 is 2.66 bits per heavy atom. The summed E-state index contributed by atoms with van der Waals surface area (Å²) in [4.78, 5) is 12.4. The molecule has 35 heavy (non-hydrogen) atoms. The van der Waals surface area contributed by atoms with Gasteiger partial charge in [-0.25, -0.2) is 13.1 Å². The van der Waals surface area contributed by atoms with E-state index >= 15 is 0 Å². The zero-order valence-electron chi connectivity index (χ0n) is 20.1. The van der Waals surface area contributed by atoms with E-state index in [1.54, 1.807) is 23.8 Å². The molecular weight excluding hydrogens is 470 g/mol. The monoisotopic (exact) mass is 501 g/mol. The first-order chi connectivity index (χ1) is 16.7. The number of hydrogen-bond donors (Lipinski definition) is 3. The number of aromatic nitrogens is 1. The summed E-state index contributed by atoms with van der Waals surface area (Å²) in [6, 6.07) is 10.5. The number of methoxy groups -OCH3 is 1. The molecule has 2 aromatic carbocycles. The Morgan fingerprint density at radius 1 is 1.23 bits per heavy atom. The van der Waals surface area contributed by atoms with Gasteiger partial charge in [0.05, 0.1) is 37.1 Å². The number of nitrogens with zero attached hydrogens (tertiary/aromatic N) is 1. The third-order valence-corrected chi connectivity index (χ3v) is 6.77. The van der Waals surface area contributed by atoms with Crippen LogP contribution in [-0.4, -0.2) is 50.5 Å². The van der Waals surface area contributed by atoms with Crippen LogP contribution in [0.25, 0.3) is 10.8 Å². The molecule has 188 valence electrons. The fourth-order valence-electron chi connectivity index (χ4n) is 4.21. The molecule has 1 aliphatic rings. The second-order valence-corrected chi connectivity index (χ2v) is 10.5. The molecule has 0 saturated heterocycles. The highest BCUT2D eigenvalue weighted by atomic mass is 32.2. The van der Waals surface area contributed by atoms with E-state index in [-0.39, 0.29) is 24.2 Å². The van der Waals surface area contributed by atoms with Crippen LogP contribution in [0.5, 0.6) is 17.4 Å². The highest BCUT2D eigenvalue weighted by Crippen LogP contribution is 2.40. The normalized spacial score (nSPS) is 14.6. The third-order valence-electron chi connectivity index (χ3n) is 6.04. The summed E-state index contributed by atoms with van der Waals surface area (Å²) >= 11 is 0. The van der Waals surface area contributed by atoms with Gasteiger partial charge >= 0.3 is 0 Å². The van der Waals surface area contributed by atoms with Gasteiger partial charge < -0.3 is 24.5 Å². The Kier molecular flexibility index (Phi) is 7.23. The average molecular weight is 502 g/mol. The van der Waals surface area contributed by atoms with Gasteiger partial charge in [0, 0.05) is 24.0 Å². The molecule has 10 heteroatoms. The number of aromatic hydroxyl groups is 1. The molecular formula is C25H31N3O6S. The van der Waals surface area contributed by atoms with Gasteiger partial charge in [-0.15, -0.1) is 0 Å². The molecule has 1 fully saturated rings. The minimum atomic E-state index is -3.38. The molecule has 1 aromatic heterocycles. The van der Waals surface area contributed by atoms with E-state index in [0.29, 0.717) is 35.6 Å². The Balaban J connectivity index is 1.76. The van der Waals surface area contributed by atoms with Crippen molar-refractivity contribution in [3.63, 3.8) is 0 Å². The maximum absolute atomic E-state index is 12.4. The quantitative estimate of drug-likeness (QED) is 0.369. The highest BCUT2D eigenvalue weighted by Gasteiger charge is 2.30. The molecule has 0 bridgehead atoms. The molecule has 1 saturated carbocycles. The number of rotatable bonds is 11. The Hall–Kier alpha value is -3.24. The van der Waals surface area contributed by atoms with Crippen molar-refractivity contribution in [2.45, 2.75) is 32.2 Å². The number of ether oxygens (including phenoxy) is 2. The van der Waals surface area contributed by atoms with E-state index in [0.717, 1.165) is 30.0 Å². The minimum Gasteiger partial charge on any atom is -0.494 e. The van der Waals surface area contributed by atoms with Gasteiger partial charge in [0.25, 0.3) is 0 Å². The first-order valence-corrected chi connectivity index (χ1v) is 13.5. The van der Waals surface area contributed by atoms with Crippen LogP contribution in [0.15, 0.2) is 42.6 Å². The molecule has 1 unspecified atom stereocenters. The Labute approximate surface area is 205 Å². The maximum atomic E-state index is 12.4. The van der Waals surface area contributed by atoms with Gasteiger partial charge in [-0.3, -0.25) is 4.79 Å². The third kappa shape index (κ3) is 5.71. The topological polar surface area (TPSA) is 119 Å². The van der Waals surface area contributed by atoms with E-state index in [9.17, 15) is 18.3 Å². The zero-order chi connectivity index (χ0) is 25.2. The zero-order valence-corrected chi connectivity index (χ0v) is 20.9. The number of anilines is 1. The average Bonchev–Trinajstić information content (AvgIpc) is 3.61. The summed E-state index contributed by atoms with van der Waals surface area (Å²) < 4.78 is 38.7. The maximum Gasteiger partial charge on any atom is 0.227 e. The number of nitrogens with one attached hydrogen (secondary N) is 2. The molecule has 0 aliphatic heterocycles. The Morgan fingerprint density at radius 2 is 2.00 bits per heavy atom. The predicted octanol–water partition coefficient (Wildman–Crippen LogP) is 3.63. The van der Waals surface area contributed by atoms with Crippen molar-refractivity contribution in [2.24, 2.45) is 5.92 Å². The largest absolute Gasteiger partial charge is 0.494 e. The number of carbonyl (C=O) groups is 1. The standard InChI is InChI=1S/C25H31N3O6S/c1-4-34-22-14-17(10-11-21(22)33-2)20(12-13-26-35(3,31)32)28-15-18-6-5-7-19(23(18)25(28)30)27-24(29)16-8-9-16/h5-7,10-11,14-16,20,26,30H,4,8-9,12-13H2,1-3H3,(H,27,29). The van der Waals surface area contributed by atoms with Crippen molar-refractivity contribution in [3.8, 4) is 17.4 Å². The van der Waals surface area contributed by atoms with Gasteiger partial charge in [-0.1, -0.05) is 18.2 Å². The van der Waals surface area contributed by atoms with Crippen LogP contribution in [0, 0.1) is 5.92 Å². The molecule has 9 nitrogen and oxygen atoms in total. The number of sulfonamides is 1. The SMILES string of the molecule is CCOc1cc(C(CCNS(C)(=O)=O)n2cc3cccc(NC(=O)C4CC4)c3c2O)ccc1OC. The van der Waals surface area contributed by atoms with Crippen molar-refractivity contribution in [1.29, 1.82) is 0 Å². The molecule has 4 rings (SSSR count). The van der Waals surface area contributed by atoms with Gasteiger partial charge in [-0.05, 0) is 49.9 Å². The van der Waals surface area contributed by atoms with Crippen LogP contribution in [0.2, 0.25) is 0 Å². The van der Waals surface area contributed by atoms with Crippen LogP contribution in [0.3, 0.4) is 0 Å². The van der Waals surface area contributed by atoms with Crippen molar-refractivity contribution in [1.82, 2.24) is 9.29 Å². The smallest absolute Gasteiger partial charge is 0.227 e. The molecule has 1 atom stereocenters. The molecule has 3 N–H and O–H groups in total. The number of fused-ring (bicyclic) bond motifs is 1. The summed E-state index contributed by atoms with van der Waals surface area (Å²) in [6.07, 6.45) is 5.04. The van der Waals surface area contributed by atoms with Crippen molar-refractivity contribution in [3.05, 3.63) is 48.2 Å². The lowest BCUT2D eigenvalue weighted by Crippen LogP contribution is -2.25. The first-order valence-electron chi connectivity index (χ1n) is 11.6. The van der Waals surface area contributed by atoms with Crippen LogP contribution in [-0.2, 0) is 14.8 Å². The second kappa shape index (κ2) is 10.2. The van der Waals surface area contributed by atoms with E-state index in [1.807, 2.05) is 37.4 Å². The predicted molar refractivity (Wildman–Crippen MR) is 135 cm³/mol. The van der Waals surface area contributed by atoms with Gasteiger partial charge in [0.2, 0.25) is 21.8 Å². The van der Waals surface area contributed by atoms with E-state index in [1.165, 1.54) is 0 Å². The van der Waals surface area contributed by atoms with Crippen LogP contribution < -0.4 is 19.5 Å². The molecule has 1 heterocycles. The highest BCUT2D eigenvalue weighted by molar-refractivity contribution is 7.88. The first kappa shape index (κ1) is 24.9. The van der Waals surface area contributed by atoms with Crippen molar-refractivity contribution in [2.75, 3.05) is 31.8 Å². The van der Waals surface area contributed by atoms with Crippen LogP contribution in [0.4, 0.5) is 5.69 Å². The molecule has 1 aliphatic carbocycles. The van der Waals surface area contributed by atoms with E-state index in [4.69, 9.17) is 9.47 Å². The van der Waals surface area contributed by atoms with Gasteiger partial charge in [0.1, 0.15) is 0 Å². The number of carbonyl (C=O) groups excluding carboxylic acids is 1. The van der Waals surface area contributed by atoms with Crippen molar-refractivity contribution >= 4 is 32.4 Å². The van der Waals surface area contributed by atoms with Gasteiger partial charge in [-0.2, -0.15) is 0 Å². The lowest BCUT2D eigenvalue weighted by molar-refractivity contribution is -0.117. The molecule has 0 spiro atoms. The number of benzene rings is 2. The summed E-state index contributed by atoms with van der Waals surface area (Å²) in [6.45, 7) is 2.49. The number of hydrogen-bond acceptors (Lipinski definition) is 6. The summed E-state index contributed by atoms with van der Waals surface area (Å²) in [5.74, 6) is 1.11. The lowest BCUT2D eigenvalue weighted by Gasteiger charge is -2.22. The number of amides is 1. The molecule has 0 radical (unpaired) electrons. The summed E-state index contributed by atoms with van der Waals surface area (Å²) in [5.41, 5.74) is 1.36. The fraction of sp³-hybridized carbons (Fsp3) is 0.400. The summed E-state index contributed by atoms with van der Waals surface area (Å²) in [5, 5.41) is 15.6. The molecule has 1 amide bonds. The molecule has 3 aromatic rings. The minimum absolute atomic E-state index is 0.00942. The van der Waals surface area contributed by atoms with Crippen molar-refractivity contribution < 1.29 is 27.8 Å².